The molecule has 1 heterocycles. The largest absolute Gasteiger partial charge is 0.493 e. The van der Waals surface area contributed by atoms with Crippen molar-refractivity contribution in [2.24, 2.45) is 0 Å². The Hall–Kier alpha value is -2.04. The predicted octanol–water partition coefficient (Wildman–Crippen LogP) is 2.71. The molecule has 126 valence electrons. The molecule has 1 aromatic carbocycles. The topological polar surface area (TPSA) is 55.8 Å². The molecule has 1 saturated heterocycles. The first-order chi connectivity index (χ1) is 11.1. The van der Waals surface area contributed by atoms with Crippen molar-refractivity contribution in [3.8, 4) is 5.75 Å². The Morgan fingerprint density at radius 1 is 1.26 bits per heavy atom. The van der Waals surface area contributed by atoms with Crippen molar-refractivity contribution in [1.82, 2.24) is 4.90 Å². The van der Waals surface area contributed by atoms with Crippen molar-refractivity contribution in [3.63, 3.8) is 0 Å². The molecule has 23 heavy (non-hydrogen) atoms. The van der Waals surface area contributed by atoms with Gasteiger partial charge in [0, 0.05) is 13.0 Å². The summed E-state index contributed by atoms with van der Waals surface area (Å²) >= 11 is 0. The minimum atomic E-state index is -0.418. The smallest absolute Gasteiger partial charge is 0.328 e. The van der Waals surface area contributed by atoms with Gasteiger partial charge in [0.1, 0.15) is 11.8 Å². The van der Waals surface area contributed by atoms with Crippen LogP contribution in [0.2, 0.25) is 0 Å². The van der Waals surface area contributed by atoms with Crippen molar-refractivity contribution < 1.29 is 19.1 Å². The summed E-state index contributed by atoms with van der Waals surface area (Å²) in [6, 6.07) is 7.40. The van der Waals surface area contributed by atoms with Gasteiger partial charge >= 0.3 is 5.97 Å². The van der Waals surface area contributed by atoms with Crippen molar-refractivity contribution in [2.75, 3.05) is 20.3 Å². The zero-order valence-electron chi connectivity index (χ0n) is 13.9. The van der Waals surface area contributed by atoms with Crippen molar-refractivity contribution in [3.05, 3.63) is 29.8 Å². The highest BCUT2D eigenvalue weighted by Gasteiger charge is 2.32. The number of aryl methyl sites for hydroxylation is 1. The molecule has 0 aliphatic carbocycles. The number of likely N-dealkylation sites (tertiary alicyclic amines) is 1. The molecule has 1 amide bonds. The summed E-state index contributed by atoms with van der Waals surface area (Å²) in [5.41, 5.74) is 1.08. The molecule has 0 bridgehead atoms. The van der Waals surface area contributed by atoms with Crippen LogP contribution in [0.1, 0.15) is 37.7 Å². The van der Waals surface area contributed by atoms with Crippen LogP contribution in [-0.4, -0.2) is 43.1 Å². The number of para-hydroxylation sites is 1. The van der Waals surface area contributed by atoms with E-state index in [1.165, 1.54) is 7.11 Å². The number of rotatable bonds is 6. The second-order valence-corrected chi connectivity index (χ2v) is 5.84. The van der Waals surface area contributed by atoms with Gasteiger partial charge in [-0.05, 0) is 44.2 Å². The number of amides is 1. The van der Waals surface area contributed by atoms with E-state index in [1.54, 1.807) is 4.90 Å². The van der Waals surface area contributed by atoms with Gasteiger partial charge in [0.2, 0.25) is 5.91 Å². The van der Waals surface area contributed by atoms with E-state index in [0.29, 0.717) is 32.4 Å². The minimum absolute atomic E-state index is 0.00786. The molecule has 5 nitrogen and oxygen atoms in total. The summed E-state index contributed by atoms with van der Waals surface area (Å²) in [5.74, 6) is 0.549. The third-order valence-electron chi connectivity index (χ3n) is 4.18. The summed E-state index contributed by atoms with van der Waals surface area (Å²) < 4.78 is 10.5. The first-order valence-corrected chi connectivity index (χ1v) is 8.19. The fourth-order valence-electron chi connectivity index (χ4n) is 2.88. The van der Waals surface area contributed by atoms with Gasteiger partial charge in [-0.25, -0.2) is 4.79 Å². The Balaban J connectivity index is 1.79. The van der Waals surface area contributed by atoms with Crippen LogP contribution in [-0.2, 0) is 14.3 Å². The molecular weight excluding hydrogens is 294 g/mol. The van der Waals surface area contributed by atoms with Gasteiger partial charge in [-0.3, -0.25) is 4.79 Å². The Morgan fingerprint density at radius 3 is 2.78 bits per heavy atom. The lowest BCUT2D eigenvalue weighted by atomic mass is 10.0. The van der Waals surface area contributed by atoms with E-state index in [9.17, 15) is 9.59 Å². The van der Waals surface area contributed by atoms with Crippen LogP contribution in [0.5, 0.6) is 5.75 Å². The van der Waals surface area contributed by atoms with Gasteiger partial charge in [0.25, 0.3) is 0 Å². The normalized spacial score (nSPS) is 17.7. The maximum absolute atomic E-state index is 12.4. The third-order valence-corrected chi connectivity index (χ3v) is 4.18. The number of piperidine rings is 1. The van der Waals surface area contributed by atoms with Gasteiger partial charge < -0.3 is 14.4 Å². The van der Waals surface area contributed by atoms with Crippen LogP contribution in [0.25, 0.3) is 0 Å². The van der Waals surface area contributed by atoms with E-state index in [2.05, 4.69) is 0 Å². The first-order valence-electron chi connectivity index (χ1n) is 8.19. The Kier molecular flexibility index (Phi) is 6.44. The first kappa shape index (κ1) is 17.3. The van der Waals surface area contributed by atoms with Gasteiger partial charge in [0.05, 0.1) is 13.7 Å². The summed E-state index contributed by atoms with van der Waals surface area (Å²) in [7, 11) is 1.37. The zero-order chi connectivity index (χ0) is 16.7. The van der Waals surface area contributed by atoms with Crippen LogP contribution in [0.15, 0.2) is 24.3 Å². The summed E-state index contributed by atoms with van der Waals surface area (Å²) in [5, 5.41) is 0. The highest BCUT2D eigenvalue weighted by molar-refractivity contribution is 5.84. The summed E-state index contributed by atoms with van der Waals surface area (Å²) in [6.45, 7) is 3.12. The lowest BCUT2D eigenvalue weighted by Crippen LogP contribution is -2.48. The molecule has 0 N–H and O–H groups in total. The maximum atomic E-state index is 12.4. The molecule has 1 atom stereocenters. The standard InChI is InChI=1S/C18H25NO4/c1-14-8-3-4-10-16(14)23-13-7-11-17(20)19-12-6-5-9-15(19)18(21)22-2/h3-4,8,10,15H,5-7,9,11-13H2,1-2H3. The second-order valence-electron chi connectivity index (χ2n) is 5.84. The van der Waals surface area contributed by atoms with Crippen molar-refractivity contribution in [1.29, 1.82) is 0 Å². The van der Waals surface area contributed by atoms with Gasteiger partial charge in [-0.15, -0.1) is 0 Å². The average molecular weight is 319 g/mol. The number of methoxy groups -OCH3 is 1. The fraction of sp³-hybridized carbons (Fsp3) is 0.556. The van der Waals surface area contributed by atoms with Crippen LogP contribution in [0.3, 0.4) is 0 Å². The number of esters is 1. The zero-order valence-corrected chi connectivity index (χ0v) is 13.9. The van der Waals surface area contributed by atoms with E-state index in [1.807, 2.05) is 31.2 Å². The predicted molar refractivity (Wildman–Crippen MR) is 87.3 cm³/mol. The number of carbonyl (C=O) groups excluding carboxylic acids is 2. The quantitative estimate of drug-likeness (QED) is 0.597. The molecular formula is C18H25NO4. The van der Waals surface area contributed by atoms with Crippen LogP contribution < -0.4 is 4.74 Å². The molecule has 2 rings (SSSR count). The van der Waals surface area contributed by atoms with Crippen molar-refractivity contribution >= 4 is 11.9 Å². The van der Waals surface area contributed by atoms with Crippen LogP contribution in [0, 0.1) is 6.92 Å². The molecule has 1 unspecified atom stereocenters. The lowest BCUT2D eigenvalue weighted by molar-refractivity contribution is -0.154. The van der Waals surface area contributed by atoms with E-state index in [-0.39, 0.29) is 11.9 Å². The van der Waals surface area contributed by atoms with Crippen molar-refractivity contribution in [2.45, 2.75) is 45.1 Å². The fourth-order valence-corrected chi connectivity index (χ4v) is 2.88. The van der Waals surface area contributed by atoms with Crippen LogP contribution in [0.4, 0.5) is 0 Å². The summed E-state index contributed by atoms with van der Waals surface area (Å²) in [6.07, 6.45) is 3.62. The second kappa shape index (κ2) is 8.56. The van der Waals surface area contributed by atoms with Crippen LogP contribution >= 0.6 is 0 Å². The molecule has 1 aliphatic heterocycles. The maximum Gasteiger partial charge on any atom is 0.328 e. The Morgan fingerprint density at radius 2 is 2.04 bits per heavy atom. The van der Waals surface area contributed by atoms with Gasteiger partial charge in [-0.1, -0.05) is 18.2 Å². The highest BCUT2D eigenvalue weighted by Crippen LogP contribution is 2.20. The number of hydrogen-bond donors (Lipinski definition) is 0. The molecule has 1 aliphatic rings. The Bertz CT molecular complexity index is 544. The van der Waals surface area contributed by atoms with E-state index in [4.69, 9.17) is 9.47 Å². The highest BCUT2D eigenvalue weighted by atomic mass is 16.5. The molecule has 0 saturated carbocycles. The molecule has 0 radical (unpaired) electrons. The van der Waals surface area contributed by atoms with Gasteiger partial charge in [0.15, 0.2) is 0 Å². The van der Waals surface area contributed by atoms with Gasteiger partial charge in [-0.2, -0.15) is 0 Å². The SMILES string of the molecule is COC(=O)C1CCCCN1C(=O)CCCOc1ccccc1C. The number of ether oxygens (including phenoxy) is 2. The molecule has 1 aromatic rings. The number of carbonyl (C=O) groups is 2. The monoisotopic (exact) mass is 319 g/mol. The molecule has 0 spiro atoms. The summed E-state index contributed by atoms with van der Waals surface area (Å²) in [4.78, 5) is 25.8. The minimum Gasteiger partial charge on any atom is -0.493 e. The molecule has 1 fully saturated rings. The van der Waals surface area contributed by atoms with E-state index in [0.717, 1.165) is 24.2 Å². The average Bonchev–Trinajstić information content (AvgIpc) is 2.59. The number of hydrogen-bond acceptors (Lipinski definition) is 4. The third kappa shape index (κ3) is 4.71. The Labute approximate surface area is 137 Å². The lowest BCUT2D eigenvalue weighted by Gasteiger charge is -2.33. The van der Waals surface area contributed by atoms with E-state index < -0.39 is 6.04 Å². The molecule has 5 heteroatoms. The molecule has 0 aromatic heterocycles. The van der Waals surface area contributed by atoms with E-state index >= 15 is 0 Å². The number of nitrogens with zero attached hydrogens (tertiary/aromatic N) is 1. The number of benzene rings is 1.